The number of tetrazole rings is 1. The van der Waals surface area contributed by atoms with E-state index in [1.807, 2.05) is 14.0 Å². The van der Waals surface area contributed by atoms with Crippen LogP contribution < -0.4 is 5.73 Å². The van der Waals surface area contributed by atoms with Gasteiger partial charge < -0.3 is 5.73 Å². The second-order valence-electron chi connectivity index (χ2n) is 4.64. The zero-order valence-electron chi connectivity index (χ0n) is 11.7. The number of nitrogen functional groups attached to an aromatic ring is 1. The maximum absolute atomic E-state index is 14.0. The van der Waals surface area contributed by atoms with E-state index < -0.39 is 5.82 Å². The molecule has 0 amide bonds. The van der Waals surface area contributed by atoms with Crippen LogP contribution in [0.5, 0.6) is 0 Å². The SMILES string of the molecule is CCc1nn(C)cc1-n1nnnc1-c1cc(N)ccc1F. The Hall–Kier alpha value is -2.77. The van der Waals surface area contributed by atoms with Crippen molar-refractivity contribution in [1.29, 1.82) is 0 Å². The van der Waals surface area contributed by atoms with Crippen molar-refractivity contribution < 1.29 is 4.39 Å². The quantitative estimate of drug-likeness (QED) is 0.735. The second kappa shape index (κ2) is 4.97. The Kier molecular flexibility index (Phi) is 3.13. The lowest BCUT2D eigenvalue weighted by Crippen LogP contribution is -2.03. The molecule has 8 heteroatoms. The van der Waals surface area contributed by atoms with Crippen LogP contribution in [0.1, 0.15) is 12.6 Å². The van der Waals surface area contributed by atoms with E-state index in [2.05, 4.69) is 20.6 Å². The van der Waals surface area contributed by atoms with E-state index in [1.54, 1.807) is 10.9 Å². The topological polar surface area (TPSA) is 87.4 Å². The first-order valence-corrected chi connectivity index (χ1v) is 6.46. The number of hydrogen-bond donors (Lipinski definition) is 1. The first kappa shape index (κ1) is 13.2. The normalized spacial score (nSPS) is 11.0. The lowest BCUT2D eigenvalue weighted by molar-refractivity contribution is 0.629. The Balaban J connectivity index is 2.19. The molecule has 0 atom stereocenters. The summed E-state index contributed by atoms with van der Waals surface area (Å²) < 4.78 is 17.2. The summed E-state index contributed by atoms with van der Waals surface area (Å²) in [5.74, 6) is -0.135. The van der Waals surface area contributed by atoms with Crippen LogP contribution in [0.25, 0.3) is 17.1 Å². The third kappa shape index (κ3) is 2.24. The highest BCUT2D eigenvalue weighted by atomic mass is 19.1. The van der Waals surface area contributed by atoms with Crippen molar-refractivity contribution in [2.75, 3.05) is 5.73 Å². The average molecular weight is 287 g/mol. The molecule has 2 N–H and O–H groups in total. The van der Waals surface area contributed by atoms with Gasteiger partial charge in [-0.05, 0) is 35.0 Å². The van der Waals surface area contributed by atoms with Gasteiger partial charge in [-0.2, -0.15) is 9.78 Å². The minimum atomic E-state index is -0.429. The second-order valence-corrected chi connectivity index (χ2v) is 4.64. The van der Waals surface area contributed by atoms with E-state index in [9.17, 15) is 4.39 Å². The van der Waals surface area contributed by atoms with Crippen molar-refractivity contribution in [2.45, 2.75) is 13.3 Å². The molecular formula is C13H14FN7. The largest absolute Gasteiger partial charge is 0.399 e. The summed E-state index contributed by atoms with van der Waals surface area (Å²) in [5, 5.41) is 15.9. The molecular weight excluding hydrogens is 273 g/mol. The van der Waals surface area contributed by atoms with Crippen LogP contribution in [0, 0.1) is 5.82 Å². The molecule has 0 fully saturated rings. The van der Waals surface area contributed by atoms with Crippen molar-refractivity contribution in [3.05, 3.63) is 35.9 Å². The molecule has 21 heavy (non-hydrogen) atoms. The van der Waals surface area contributed by atoms with Gasteiger partial charge in [-0.1, -0.05) is 6.92 Å². The number of halogens is 1. The number of rotatable bonds is 3. The summed E-state index contributed by atoms with van der Waals surface area (Å²) in [6.45, 7) is 1.98. The molecule has 2 heterocycles. The number of benzene rings is 1. The smallest absolute Gasteiger partial charge is 0.190 e. The number of aromatic nitrogens is 6. The molecule has 0 aliphatic rings. The van der Waals surface area contributed by atoms with Crippen molar-refractivity contribution >= 4 is 5.69 Å². The molecule has 0 spiro atoms. The highest BCUT2D eigenvalue weighted by Gasteiger charge is 2.18. The number of nitrogens with two attached hydrogens (primary N) is 1. The van der Waals surface area contributed by atoms with Gasteiger partial charge in [-0.15, -0.1) is 5.10 Å². The molecule has 7 nitrogen and oxygen atoms in total. The van der Waals surface area contributed by atoms with Gasteiger partial charge in [0, 0.05) is 12.7 Å². The van der Waals surface area contributed by atoms with Crippen LogP contribution in [0.2, 0.25) is 0 Å². The lowest BCUT2D eigenvalue weighted by atomic mass is 10.1. The molecule has 1 aromatic carbocycles. The van der Waals surface area contributed by atoms with Crippen LogP contribution in [0.15, 0.2) is 24.4 Å². The first-order chi connectivity index (χ1) is 10.1. The maximum atomic E-state index is 14.0. The fourth-order valence-electron chi connectivity index (χ4n) is 2.18. The van der Waals surface area contributed by atoms with Gasteiger partial charge in [0.25, 0.3) is 0 Å². The minimum absolute atomic E-state index is 0.255. The molecule has 2 aromatic heterocycles. The predicted octanol–water partition coefficient (Wildman–Crippen LogP) is 1.35. The summed E-state index contributed by atoms with van der Waals surface area (Å²) in [5.41, 5.74) is 7.98. The van der Waals surface area contributed by atoms with E-state index >= 15 is 0 Å². The monoisotopic (exact) mass is 287 g/mol. The summed E-state index contributed by atoms with van der Waals surface area (Å²) in [6.07, 6.45) is 2.51. The number of aryl methyl sites for hydroxylation is 2. The van der Waals surface area contributed by atoms with Gasteiger partial charge in [0.05, 0.1) is 17.5 Å². The Morgan fingerprint density at radius 3 is 2.90 bits per heavy atom. The van der Waals surface area contributed by atoms with E-state index in [4.69, 9.17) is 5.73 Å². The van der Waals surface area contributed by atoms with E-state index in [1.165, 1.54) is 22.9 Å². The summed E-state index contributed by atoms with van der Waals surface area (Å²) >= 11 is 0. The number of nitrogens with zero attached hydrogens (tertiary/aromatic N) is 6. The Labute approximate surface area is 120 Å². The molecule has 0 saturated carbocycles. The van der Waals surface area contributed by atoms with Crippen molar-refractivity contribution in [2.24, 2.45) is 7.05 Å². The van der Waals surface area contributed by atoms with Gasteiger partial charge in [-0.25, -0.2) is 4.39 Å². The molecule has 0 aliphatic carbocycles. The highest BCUT2D eigenvalue weighted by molar-refractivity contribution is 5.63. The highest BCUT2D eigenvalue weighted by Crippen LogP contribution is 2.25. The molecule has 3 aromatic rings. The Morgan fingerprint density at radius 1 is 1.33 bits per heavy atom. The van der Waals surface area contributed by atoms with Gasteiger partial charge in [-0.3, -0.25) is 4.68 Å². The molecule has 3 rings (SSSR count). The van der Waals surface area contributed by atoms with Gasteiger partial charge >= 0.3 is 0 Å². The maximum Gasteiger partial charge on any atom is 0.190 e. The molecule has 0 bridgehead atoms. The standard InChI is InChI=1S/C13H14FN7/c1-3-11-12(7-20(2)17-11)21-13(16-18-19-21)9-6-8(15)4-5-10(9)14/h4-7H,3,15H2,1-2H3. The Morgan fingerprint density at radius 2 is 2.14 bits per heavy atom. The number of anilines is 1. The van der Waals surface area contributed by atoms with E-state index in [0.717, 1.165) is 17.8 Å². The van der Waals surface area contributed by atoms with Crippen molar-refractivity contribution in [3.8, 4) is 17.1 Å². The van der Waals surface area contributed by atoms with Crippen molar-refractivity contribution in [3.63, 3.8) is 0 Å². The summed E-state index contributed by atoms with van der Waals surface area (Å²) in [6, 6.07) is 4.31. The fraction of sp³-hybridized carbons (Fsp3) is 0.231. The first-order valence-electron chi connectivity index (χ1n) is 6.46. The van der Waals surface area contributed by atoms with Crippen LogP contribution >= 0.6 is 0 Å². The third-order valence-electron chi connectivity index (χ3n) is 3.15. The van der Waals surface area contributed by atoms with Crippen LogP contribution in [0.3, 0.4) is 0 Å². The van der Waals surface area contributed by atoms with Crippen LogP contribution in [-0.2, 0) is 13.5 Å². The van der Waals surface area contributed by atoms with Crippen LogP contribution in [0.4, 0.5) is 10.1 Å². The third-order valence-corrected chi connectivity index (χ3v) is 3.15. The van der Waals surface area contributed by atoms with Crippen LogP contribution in [-0.4, -0.2) is 30.0 Å². The number of hydrogen-bond acceptors (Lipinski definition) is 5. The van der Waals surface area contributed by atoms with Gasteiger partial charge in [0.15, 0.2) is 5.82 Å². The lowest BCUT2D eigenvalue weighted by Gasteiger charge is -2.05. The van der Waals surface area contributed by atoms with Crippen molar-refractivity contribution in [1.82, 2.24) is 30.0 Å². The summed E-state index contributed by atoms with van der Waals surface area (Å²) in [4.78, 5) is 0. The fourth-order valence-corrected chi connectivity index (χ4v) is 2.18. The molecule has 108 valence electrons. The zero-order valence-corrected chi connectivity index (χ0v) is 11.7. The zero-order chi connectivity index (χ0) is 15.0. The van der Waals surface area contributed by atoms with E-state index in [-0.39, 0.29) is 5.56 Å². The van der Waals surface area contributed by atoms with Gasteiger partial charge in [0.1, 0.15) is 11.5 Å². The van der Waals surface area contributed by atoms with Gasteiger partial charge in [0.2, 0.25) is 0 Å². The molecule has 0 unspecified atom stereocenters. The predicted molar refractivity (Wildman–Crippen MR) is 75.1 cm³/mol. The summed E-state index contributed by atoms with van der Waals surface area (Å²) in [7, 11) is 1.81. The molecule has 0 aliphatic heterocycles. The Bertz CT molecular complexity index is 790. The molecule has 0 saturated heterocycles. The average Bonchev–Trinajstić information content (AvgIpc) is 3.07. The van der Waals surface area contributed by atoms with E-state index in [0.29, 0.717) is 11.5 Å². The molecule has 0 radical (unpaired) electrons. The minimum Gasteiger partial charge on any atom is -0.399 e.